The van der Waals surface area contributed by atoms with Crippen molar-refractivity contribution in [3.05, 3.63) is 58.0 Å². The summed E-state index contributed by atoms with van der Waals surface area (Å²) >= 11 is 9.37. The average molecular weight is 439 g/mol. The highest BCUT2D eigenvalue weighted by molar-refractivity contribution is 9.10. The second-order valence-electron chi connectivity index (χ2n) is 5.68. The Labute approximate surface area is 164 Å². The number of carbonyl (C=O) groups excluding carboxylic acids is 1. The van der Waals surface area contributed by atoms with Crippen LogP contribution in [0, 0.1) is 6.92 Å². The van der Waals surface area contributed by atoms with Gasteiger partial charge in [-0.2, -0.15) is 10.2 Å². The molecule has 7 nitrogen and oxygen atoms in total. The molecule has 0 aliphatic carbocycles. The fourth-order valence-electron chi connectivity index (χ4n) is 2.32. The van der Waals surface area contributed by atoms with E-state index in [9.17, 15) is 4.79 Å². The van der Waals surface area contributed by atoms with Gasteiger partial charge in [0.05, 0.1) is 35.0 Å². The predicted octanol–water partition coefficient (Wildman–Crippen LogP) is 4.04. The third-order valence-electron chi connectivity index (χ3n) is 3.81. The van der Waals surface area contributed by atoms with Crippen LogP contribution < -0.4 is 10.1 Å². The second kappa shape index (κ2) is 7.92. The summed E-state index contributed by atoms with van der Waals surface area (Å²) in [6.07, 6.45) is 4.79. The lowest BCUT2D eigenvalue weighted by Gasteiger charge is -2.13. The molecule has 1 aromatic carbocycles. The number of benzene rings is 1. The van der Waals surface area contributed by atoms with Crippen molar-refractivity contribution < 1.29 is 9.53 Å². The third kappa shape index (κ3) is 4.25. The molecule has 0 fully saturated rings. The Morgan fingerprint density at radius 3 is 2.69 bits per heavy atom. The summed E-state index contributed by atoms with van der Waals surface area (Å²) < 4.78 is 9.80. The molecule has 1 amide bonds. The monoisotopic (exact) mass is 437 g/mol. The smallest absolute Gasteiger partial charge is 0.249 e. The number of anilines is 1. The highest BCUT2D eigenvalue weighted by Gasteiger charge is 2.19. The van der Waals surface area contributed by atoms with Gasteiger partial charge in [-0.15, -0.1) is 0 Å². The predicted molar refractivity (Wildman–Crippen MR) is 102 cm³/mol. The molecule has 0 saturated heterocycles. The maximum Gasteiger partial charge on any atom is 0.249 e. The summed E-state index contributed by atoms with van der Waals surface area (Å²) in [6, 6.07) is 7.01. The van der Waals surface area contributed by atoms with Gasteiger partial charge in [0.15, 0.2) is 6.73 Å². The van der Waals surface area contributed by atoms with E-state index in [1.807, 2.05) is 31.2 Å². The van der Waals surface area contributed by atoms with Crippen LogP contribution in [0.3, 0.4) is 0 Å². The molecule has 0 aliphatic rings. The summed E-state index contributed by atoms with van der Waals surface area (Å²) in [5.74, 6) is 0.523. The largest absolute Gasteiger partial charge is 0.471 e. The minimum Gasteiger partial charge on any atom is -0.471 e. The zero-order valence-electron chi connectivity index (χ0n) is 14.2. The van der Waals surface area contributed by atoms with Crippen LogP contribution in [0.15, 0.2) is 47.3 Å². The Morgan fingerprint density at radius 1 is 1.31 bits per heavy atom. The SMILES string of the molecule is Cc1c(Cl)cnn1C(C)C(=O)Nc1cnn(COc2ccc(Br)cc2)c1. The number of ether oxygens (including phenoxy) is 1. The molecule has 1 unspecified atom stereocenters. The number of aromatic nitrogens is 4. The fourth-order valence-corrected chi connectivity index (χ4v) is 2.72. The lowest BCUT2D eigenvalue weighted by molar-refractivity contribution is -0.119. The molecule has 1 atom stereocenters. The second-order valence-corrected chi connectivity index (χ2v) is 7.01. The van der Waals surface area contributed by atoms with Crippen LogP contribution in [0.25, 0.3) is 0 Å². The standard InChI is InChI=1S/C17H17BrClN5O2/c1-11-16(19)8-21-24(11)12(2)17(25)22-14-7-20-23(9-14)10-26-15-5-3-13(18)4-6-15/h3-9,12H,10H2,1-2H3,(H,22,25). The van der Waals surface area contributed by atoms with Gasteiger partial charge >= 0.3 is 0 Å². The number of nitrogens with zero attached hydrogens (tertiary/aromatic N) is 4. The zero-order valence-corrected chi connectivity index (χ0v) is 16.5. The molecule has 2 heterocycles. The number of rotatable bonds is 6. The van der Waals surface area contributed by atoms with Crippen LogP contribution >= 0.6 is 27.5 Å². The van der Waals surface area contributed by atoms with E-state index in [1.165, 1.54) is 6.20 Å². The van der Waals surface area contributed by atoms with Crippen LogP contribution in [0.2, 0.25) is 5.02 Å². The summed E-state index contributed by atoms with van der Waals surface area (Å²) in [6.45, 7) is 3.81. The molecule has 26 heavy (non-hydrogen) atoms. The summed E-state index contributed by atoms with van der Waals surface area (Å²) in [4.78, 5) is 12.4. The molecule has 0 radical (unpaired) electrons. The molecule has 9 heteroatoms. The van der Waals surface area contributed by atoms with E-state index < -0.39 is 6.04 Å². The van der Waals surface area contributed by atoms with Crippen molar-refractivity contribution in [1.82, 2.24) is 19.6 Å². The van der Waals surface area contributed by atoms with Crippen LogP contribution in [-0.2, 0) is 11.5 Å². The van der Waals surface area contributed by atoms with E-state index in [1.54, 1.807) is 28.7 Å². The quantitative estimate of drug-likeness (QED) is 0.630. The molecule has 3 rings (SSSR count). The minimum absolute atomic E-state index is 0.207. The van der Waals surface area contributed by atoms with Crippen LogP contribution in [-0.4, -0.2) is 25.5 Å². The van der Waals surface area contributed by atoms with E-state index in [2.05, 4.69) is 31.4 Å². The molecule has 0 bridgehead atoms. The van der Waals surface area contributed by atoms with E-state index in [0.717, 1.165) is 15.9 Å². The van der Waals surface area contributed by atoms with Gasteiger partial charge in [-0.1, -0.05) is 27.5 Å². The first kappa shape index (κ1) is 18.5. The molecule has 1 N–H and O–H groups in total. The van der Waals surface area contributed by atoms with Crippen LogP contribution in [0.1, 0.15) is 18.7 Å². The Morgan fingerprint density at radius 2 is 2.04 bits per heavy atom. The molecule has 2 aromatic heterocycles. The van der Waals surface area contributed by atoms with Crippen molar-refractivity contribution >= 4 is 39.1 Å². The molecule has 0 saturated carbocycles. The number of hydrogen-bond acceptors (Lipinski definition) is 4. The average Bonchev–Trinajstić information content (AvgIpc) is 3.21. The highest BCUT2D eigenvalue weighted by atomic mass is 79.9. The molecule has 0 spiro atoms. The van der Waals surface area contributed by atoms with Crippen molar-refractivity contribution in [3.63, 3.8) is 0 Å². The lowest BCUT2D eigenvalue weighted by atomic mass is 10.3. The minimum atomic E-state index is -0.495. The first-order valence-corrected chi connectivity index (χ1v) is 9.02. The van der Waals surface area contributed by atoms with Gasteiger partial charge in [-0.3, -0.25) is 9.48 Å². The summed E-state index contributed by atoms with van der Waals surface area (Å²) in [7, 11) is 0. The van der Waals surface area contributed by atoms with Crippen molar-refractivity contribution in [2.45, 2.75) is 26.6 Å². The molecular formula is C17H17BrClN5O2. The van der Waals surface area contributed by atoms with E-state index >= 15 is 0 Å². The van der Waals surface area contributed by atoms with Gasteiger partial charge in [0.1, 0.15) is 11.8 Å². The summed E-state index contributed by atoms with van der Waals surface area (Å²) in [5, 5.41) is 11.7. The Kier molecular flexibility index (Phi) is 5.63. The normalized spacial score (nSPS) is 12.0. The van der Waals surface area contributed by atoms with Gasteiger partial charge in [0.25, 0.3) is 0 Å². The number of hydrogen-bond donors (Lipinski definition) is 1. The van der Waals surface area contributed by atoms with Crippen LogP contribution in [0.5, 0.6) is 5.75 Å². The van der Waals surface area contributed by atoms with Gasteiger partial charge in [0, 0.05) is 4.47 Å². The van der Waals surface area contributed by atoms with E-state index in [0.29, 0.717) is 10.7 Å². The number of nitrogens with one attached hydrogen (secondary N) is 1. The maximum absolute atomic E-state index is 12.4. The van der Waals surface area contributed by atoms with E-state index in [4.69, 9.17) is 16.3 Å². The van der Waals surface area contributed by atoms with Crippen molar-refractivity contribution in [2.75, 3.05) is 5.32 Å². The van der Waals surface area contributed by atoms with Gasteiger partial charge in [0.2, 0.25) is 5.91 Å². The van der Waals surface area contributed by atoms with Gasteiger partial charge in [-0.05, 0) is 38.1 Å². The number of halogens is 2. The number of amides is 1. The van der Waals surface area contributed by atoms with Crippen molar-refractivity contribution in [1.29, 1.82) is 0 Å². The van der Waals surface area contributed by atoms with Gasteiger partial charge < -0.3 is 10.1 Å². The van der Waals surface area contributed by atoms with Crippen LogP contribution in [0.4, 0.5) is 5.69 Å². The molecular weight excluding hydrogens is 422 g/mol. The Bertz CT molecular complexity index is 906. The molecule has 0 aliphatic heterocycles. The first-order chi connectivity index (χ1) is 12.4. The van der Waals surface area contributed by atoms with Gasteiger partial charge in [-0.25, -0.2) is 4.68 Å². The zero-order chi connectivity index (χ0) is 18.7. The molecule has 136 valence electrons. The van der Waals surface area contributed by atoms with Crippen molar-refractivity contribution in [3.8, 4) is 5.75 Å². The topological polar surface area (TPSA) is 74.0 Å². The lowest BCUT2D eigenvalue weighted by Crippen LogP contribution is -2.25. The van der Waals surface area contributed by atoms with E-state index in [-0.39, 0.29) is 12.6 Å². The first-order valence-electron chi connectivity index (χ1n) is 7.85. The Hall–Kier alpha value is -2.32. The maximum atomic E-state index is 12.4. The van der Waals surface area contributed by atoms with Crippen molar-refractivity contribution in [2.24, 2.45) is 0 Å². The summed E-state index contributed by atoms with van der Waals surface area (Å²) in [5.41, 5.74) is 1.32. The number of carbonyl (C=O) groups is 1. The highest BCUT2D eigenvalue weighted by Crippen LogP contribution is 2.19. The Balaban J connectivity index is 1.58. The third-order valence-corrected chi connectivity index (χ3v) is 4.71. The fraction of sp³-hybridized carbons (Fsp3) is 0.235. The molecule has 3 aromatic rings.